The normalized spacial score (nSPS) is 13.0. The van der Waals surface area contributed by atoms with Gasteiger partial charge in [-0.25, -0.2) is 9.78 Å². The monoisotopic (exact) mass is 378 g/mol. The third-order valence-electron chi connectivity index (χ3n) is 4.40. The van der Waals surface area contributed by atoms with Gasteiger partial charge in [0.15, 0.2) is 16.5 Å². The second-order valence-electron chi connectivity index (χ2n) is 6.09. The van der Waals surface area contributed by atoms with E-state index in [1.165, 1.54) is 11.3 Å². The Morgan fingerprint density at radius 2 is 1.81 bits per heavy atom. The highest BCUT2D eigenvalue weighted by Crippen LogP contribution is 2.37. The fourth-order valence-corrected chi connectivity index (χ4v) is 4.17. The number of hydrogen-bond acceptors (Lipinski definition) is 5. The molecule has 2 aromatic heterocycles. The molecule has 0 saturated heterocycles. The van der Waals surface area contributed by atoms with Crippen LogP contribution in [0.1, 0.15) is 9.67 Å². The summed E-state index contributed by atoms with van der Waals surface area (Å²) in [4.78, 5) is 17.3. The SMILES string of the molecule is O=C(O)c1sc2nc(-c3ccc4c(c3)OCCO4)cn2c1-c1ccccc1. The van der Waals surface area contributed by atoms with Crippen LogP contribution < -0.4 is 9.47 Å². The highest BCUT2D eigenvalue weighted by Gasteiger charge is 2.22. The lowest BCUT2D eigenvalue weighted by molar-refractivity contribution is 0.0702. The maximum Gasteiger partial charge on any atom is 0.348 e. The summed E-state index contributed by atoms with van der Waals surface area (Å²) in [5, 5.41) is 9.60. The maximum atomic E-state index is 11.7. The number of fused-ring (bicyclic) bond motifs is 2. The first-order valence-corrected chi connectivity index (χ1v) is 9.23. The molecule has 0 bridgehead atoms. The lowest BCUT2D eigenvalue weighted by Crippen LogP contribution is -2.15. The molecule has 27 heavy (non-hydrogen) atoms. The summed E-state index contributed by atoms with van der Waals surface area (Å²) in [6, 6.07) is 15.2. The molecule has 6 nitrogen and oxygen atoms in total. The Morgan fingerprint density at radius 3 is 2.59 bits per heavy atom. The fourth-order valence-electron chi connectivity index (χ4n) is 3.20. The van der Waals surface area contributed by atoms with Gasteiger partial charge in [-0.2, -0.15) is 0 Å². The van der Waals surface area contributed by atoms with E-state index in [0.717, 1.165) is 22.6 Å². The summed E-state index contributed by atoms with van der Waals surface area (Å²) in [6.45, 7) is 1.07. The number of rotatable bonds is 3. The molecule has 2 aromatic carbocycles. The Labute approximate surface area is 158 Å². The average Bonchev–Trinajstić information content (AvgIpc) is 3.26. The van der Waals surface area contributed by atoms with Crippen molar-refractivity contribution in [2.24, 2.45) is 0 Å². The van der Waals surface area contributed by atoms with Gasteiger partial charge >= 0.3 is 5.97 Å². The quantitative estimate of drug-likeness (QED) is 0.578. The molecule has 3 heterocycles. The average molecular weight is 378 g/mol. The largest absolute Gasteiger partial charge is 0.486 e. The number of hydrogen-bond donors (Lipinski definition) is 1. The van der Waals surface area contributed by atoms with Gasteiger partial charge in [-0.05, 0) is 18.2 Å². The van der Waals surface area contributed by atoms with Crippen LogP contribution >= 0.6 is 11.3 Å². The van der Waals surface area contributed by atoms with Gasteiger partial charge in [-0.1, -0.05) is 41.7 Å². The molecule has 7 heteroatoms. The van der Waals surface area contributed by atoms with Gasteiger partial charge in [0.2, 0.25) is 0 Å². The molecule has 0 spiro atoms. The van der Waals surface area contributed by atoms with Gasteiger partial charge in [0.05, 0.1) is 11.4 Å². The molecule has 0 saturated carbocycles. The zero-order valence-electron chi connectivity index (χ0n) is 14.1. The van der Waals surface area contributed by atoms with Crippen LogP contribution in [0.15, 0.2) is 54.7 Å². The van der Waals surface area contributed by atoms with Gasteiger partial charge in [-0.3, -0.25) is 4.40 Å². The molecule has 0 atom stereocenters. The minimum atomic E-state index is -0.953. The van der Waals surface area contributed by atoms with Crippen LogP contribution in [-0.4, -0.2) is 33.7 Å². The van der Waals surface area contributed by atoms with E-state index in [0.29, 0.717) is 29.6 Å². The van der Waals surface area contributed by atoms with E-state index in [1.54, 1.807) is 0 Å². The van der Waals surface area contributed by atoms with Crippen molar-refractivity contribution >= 4 is 22.3 Å². The standard InChI is InChI=1S/C20H14N2O4S/c23-19(24)18-17(12-4-2-1-3-5-12)22-11-14(21-20(22)27-18)13-6-7-15-16(10-13)26-9-8-25-15/h1-7,10-11H,8-9H2,(H,23,24). The van der Waals surface area contributed by atoms with E-state index >= 15 is 0 Å². The van der Waals surface area contributed by atoms with E-state index in [2.05, 4.69) is 4.98 Å². The van der Waals surface area contributed by atoms with Crippen LogP contribution in [0.2, 0.25) is 0 Å². The van der Waals surface area contributed by atoms with Crippen molar-refractivity contribution in [1.29, 1.82) is 0 Å². The van der Waals surface area contributed by atoms with Crippen molar-refractivity contribution in [2.75, 3.05) is 13.2 Å². The summed E-state index contributed by atoms with van der Waals surface area (Å²) in [6.07, 6.45) is 1.87. The molecule has 0 aliphatic carbocycles. The third-order valence-corrected chi connectivity index (χ3v) is 5.44. The Bertz CT molecular complexity index is 1160. The third kappa shape index (κ3) is 2.63. The van der Waals surface area contributed by atoms with Crippen LogP contribution in [-0.2, 0) is 0 Å². The van der Waals surface area contributed by atoms with Crippen molar-refractivity contribution in [3.63, 3.8) is 0 Å². The van der Waals surface area contributed by atoms with Crippen LogP contribution in [0, 0.1) is 0 Å². The molecule has 0 fully saturated rings. The number of aromatic carboxylic acids is 1. The Balaban J connectivity index is 1.66. The lowest BCUT2D eigenvalue weighted by Gasteiger charge is -2.18. The summed E-state index contributed by atoms with van der Waals surface area (Å²) in [7, 11) is 0. The lowest BCUT2D eigenvalue weighted by atomic mass is 10.1. The number of thiazole rings is 1. The molecule has 0 unspecified atom stereocenters. The number of carboxylic acids is 1. The molecular weight excluding hydrogens is 364 g/mol. The Hall–Kier alpha value is -3.32. The number of aromatic nitrogens is 2. The number of imidazole rings is 1. The van der Waals surface area contributed by atoms with Crippen molar-refractivity contribution < 1.29 is 19.4 Å². The van der Waals surface area contributed by atoms with Gasteiger partial charge in [0.25, 0.3) is 0 Å². The summed E-state index contributed by atoms with van der Waals surface area (Å²) < 4.78 is 13.1. The molecule has 4 aromatic rings. The highest BCUT2D eigenvalue weighted by molar-refractivity contribution is 7.19. The minimum Gasteiger partial charge on any atom is -0.486 e. The molecule has 1 N–H and O–H groups in total. The molecule has 1 aliphatic rings. The van der Waals surface area contributed by atoms with E-state index in [4.69, 9.17) is 9.47 Å². The van der Waals surface area contributed by atoms with Crippen molar-refractivity contribution in [2.45, 2.75) is 0 Å². The molecule has 0 amide bonds. The molecular formula is C20H14N2O4S. The second-order valence-corrected chi connectivity index (χ2v) is 7.07. The molecule has 5 rings (SSSR count). The first-order chi connectivity index (χ1) is 13.2. The topological polar surface area (TPSA) is 73.1 Å². The highest BCUT2D eigenvalue weighted by atomic mass is 32.1. The minimum absolute atomic E-state index is 0.275. The summed E-state index contributed by atoms with van der Waals surface area (Å²) >= 11 is 1.17. The predicted molar refractivity (Wildman–Crippen MR) is 102 cm³/mol. The van der Waals surface area contributed by atoms with E-state index < -0.39 is 5.97 Å². The van der Waals surface area contributed by atoms with Gasteiger partial charge in [0.1, 0.15) is 18.1 Å². The predicted octanol–water partition coefficient (Wildman–Crippen LogP) is 4.20. The number of ether oxygens (including phenoxy) is 2. The van der Waals surface area contributed by atoms with Gasteiger partial charge in [0, 0.05) is 17.3 Å². The summed E-state index contributed by atoms with van der Waals surface area (Å²) in [5.41, 5.74) is 3.13. The van der Waals surface area contributed by atoms with E-state index in [1.807, 2.05) is 59.1 Å². The maximum absolute atomic E-state index is 11.7. The van der Waals surface area contributed by atoms with E-state index in [9.17, 15) is 9.90 Å². The summed E-state index contributed by atoms with van der Waals surface area (Å²) in [5.74, 6) is 0.471. The fraction of sp³-hybridized carbons (Fsp3) is 0.100. The van der Waals surface area contributed by atoms with Crippen molar-refractivity contribution in [3.8, 4) is 34.0 Å². The Morgan fingerprint density at radius 1 is 1.04 bits per heavy atom. The van der Waals surface area contributed by atoms with Crippen LogP contribution in [0.4, 0.5) is 0 Å². The van der Waals surface area contributed by atoms with Crippen molar-refractivity contribution in [3.05, 3.63) is 59.6 Å². The molecule has 0 radical (unpaired) electrons. The van der Waals surface area contributed by atoms with Crippen LogP contribution in [0.5, 0.6) is 11.5 Å². The van der Waals surface area contributed by atoms with Crippen molar-refractivity contribution in [1.82, 2.24) is 9.38 Å². The number of benzene rings is 2. The number of carbonyl (C=O) groups is 1. The Kier molecular flexibility index (Phi) is 3.61. The van der Waals surface area contributed by atoms with E-state index in [-0.39, 0.29) is 4.88 Å². The van der Waals surface area contributed by atoms with Crippen LogP contribution in [0.25, 0.3) is 27.5 Å². The van der Waals surface area contributed by atoms with Gasteiger partial charge in [-0.15, -0.1) is 0 Å². The second kappa shape index (κ2) is 6.14. The first kappa shape index (κ1) is 15.9. The zero-order valence-corrected chi connectivity index (χ0v) is 14.9. The molecule has 1 aliphatic heterocycles. The zero-order chi connectivity index (χ0) is 18.4. The number of carboxylic acid groups (broad SMARTS) is 1. The number of nitrogens with zero attached hydrogens (tertiary/aromatic N) is 2. The van der Waals surface area contributed by atoms with Gasteiger partial charge < -0.3 is 14.6 Å². The van der Waals surface area contributed by atoms with Crippen LogP contribution in [0.3, 0.4) is 0 Å². The molecule has 134 valence electrons. The first-order valence-electron chi connectivity index (χ1n) is 8.41. The smallest absolute Gasteiger partial charge is 0.348 e.